The Morgan fingerprint density at radius 2 is 2.12 bits per heavy atom. The fraction of sp³-hybridized carbons (Fsp3) is 0.167. The van der Waals surface area contributed by atoms with Crippen LogP contribution in [-0.2, 0) is 6.54 Å². The van der Waals surface area contributed by atoms with Gasteiger partial charge in [-0.05, 0) is 24.3 Å². The van der Waals surface area contributed by atoms with E-state index in [9.17, 15) is 4.79 Å². The summed E-state index contributed by atoms with van der Waals surface area (Å²) in [5.41, 5.74) is 0.629. The van der Waals surface area contributed by atoms with E-state index in [1.165, 1.54) is 0 Å². The fourth-order valence-corrected chi connectivity index (χ4v) is 1.42. The van der Waals surface area contributed by atoms with Crippen molar-refractivity contribution in [3.05, 3.63) is 54.2 Å². The Morgan fingerprint density at radius 3 is 2.75 bits per heavy atom. The van der Waals surface area contributed by atoms with Crippen molar-refractivity contribution in [3.8, 4) is 0 Å². The monoisotopic (exact) mass is 216 g/mol. The number of hydrogen-bond donors (Lipinski definition) is 0. The highest BCUT2D eigenvalue weighted by Gasteiger charge is 2.12. The number of pyridine rings is 1. The molecular weight excluding hydrogens is 204 g/mol. The van der Waals surface area contributed by atoms with Crippen molar-refractivity contribution in [1.29, 1.82) is 0 Å². The summed E-state index contributed by atoms with van der Waals surface area (Å²) in [5, 5.41) is 0. The number of amides is 1. The average Bonchev–Trinajstić information content (AvgIpc) is 2.82. The highest BCUT2D eigenvalue weighted by atomic mass is 16.3. The summed E-state index contributed by atoms with van der Waals surface area (Å²) >= 11 is 0. The lowest BCUT2D eigenvalue weighted by Crippen LogP contribution is -2.25. The van der Waals surface area contributed by atoms with Gasteiger partial charge in [-0.25, -0.2) is 0 Å². The zero-order valence-corrected chi connectivity index (χ0v) is 8.96. The second kappa shape index (κ2) is 4.61. The van der Waals surface area contributed by atoms with Crippen LogP contribution in [0.2, 0.25) is 0 Å². The molecule has 0 fully saturated rings. The molecule has 2 aromatic rings. The first-order valence-corrected chi connectivity index (χ1v) is 4.95. The molecule has 0 spiro atoms. The fourth-order valence-electron chi connectivity index (χ4n) is 1.42. The molecule has 4 nitrogen and oxygen atoms in total. The van der Waals surface area contributed by atoms with Crippen LogP contribution in [0.3, 0.4) is 0 Å². The normalized spacial score (nSPS) is 10.1. The van der Waals surface area contributed by atoms with Gasteiger partial charge in [0.25, 0.3) is 5.91 Å². The molecule has 4 heteroatoms. The molecule has 2 heterocycles. The maximum atomic E-state index is 11.9. The lowest BCUT2D eigenvalue weighted by atomic mass is 10.2. The Labute approximate surface area is 93.5 Å². The van der Waals surface area contributed by atoms with Crippen LogP contribution in [0.5, 0.6) is 0 Å². The highest BCUT2D eigenvalue weighted by Crippen LogP contribution is 2.07. The summed E-state index contributed by atoms with van der Waals surface area (Å²) in [6.07, 6.45) is 4.81. The van der Waals surface area contributed by atoms with Crippen molar-refractivity contribution in [1.82, 2.24) is 9.88 Å². The molecule has 2 aromatic heterocycles. The Balaban J connectivity index is 2.05. The number of carbonyl (C=O) groups excluding carboxylic acids is 1. The predicted octanol–water partition coefficient (Wildman–Crippen LogP) is 1.95. The van der Waals surface area contributed by atoms with Gasteiger partial charge in [0, 0.05) is 25.0 Å². The second-order valence-electron chi connectivity index (χ2n) is 3.48. The van der Waals surface area contributed by atoms with Gasteiger partial charge in [-0.1, -0.05) is 0 Å². The minimum absolute atomic E-state index is 0.0428. The van der Waals surface area contributed by atoms with Gasteiger partial charge in [-0.3, -0.25) is 9.78 Å². The molecule has 0 aliphatic rings. The largest absolute Gasteiger partial charge is 0.467 e. The van der Waals surface area contributed by atoms with E-state index < -0.39 is 0 Å². The molecule has 0 bridgehead atoms. The minimum atomic E-state index is -0.0428. The van der Waals surface area contributed by atoms with Crippen LogP contribution in [0.25, 0.3) is 0 Å². The van der Waals surface area contributed by atoms with E-state index in [-0.39, 0.29) is 5.91 Å². The summed E-state index contributed by atoms with van der Waals surface area (Å²) in [6.45, 7) is 0.466. The molecule has 1 amide bonds. The van der Waals surface area contributed by atoms with Crippen molar-refractivity contribution in [2.24, 2.45) is 0 Å². The minimum Gasteiger partial charge on any atom is -0.467 e. The van der Waals surface area contributed by atoms with E-state index in [1.54, 1.807) is 48.8 Å². The molecule has 0 unspecified atom stereocenters. The third-order valence-corrected chi connectivity index (χ3v) is 2.25. The van der Waals surface area contributed by atoms with Gasteiger partial charge in [0.05, 0.1) is 12.8 Å². The van der Waals surface area contributed by atoms with Crippen LogP contribution < -0.4 is 0 Å². The molecule has 2 rings (SSSR count). The molecule has 0 atom stereocenters. The Bertz CT molecular complexity index is 451. The number of furan rings is 1. The van der Waals surface area contributed by atoms with Crippen LogP contribution in [0.15, 0.2) is 47.3 Å². The van der Waals surface area contributed by atoms with Crippen LogP contribution in [0.1, 0.15) is 16.1 Å². The number of nitrogens with zero attached hydrogens (tertiary/aromatic N) is 2. The SMILES string of the molecule is CN(Cc1ccco1)C(=O)c1ccncc1. The van der Waals surface area contributed by atoms with E-state index >= 15 is 0 Å². The standard InChI is InChI=1S/C12H12N2O2/c1-14(9-11-3-2-8-16-11)12(15)10-4-6-13-7-5-10/h2-8H,9H2,1H3. The van der Waals surface area contributed by atoms with Crippen LogP contribution in [0, 0.1) is 0 Å². The summed E-state index contributed by atoms with van der Waals surface area (Å²) in [7, 11) is 1.74. The van der Waals surface area contributed by atoms with Crippen LogP contribution >= 0.6 is 0 Å². The highest BCUT2D eigenvalue weighted by molar-refractivity contribution is 5.93. The number of hydrogen-bond acceptors (Lipinski definition) is 3. The lowest BCUT2D eigenvalue weighted by molar-refractivity contribution is 0.0775. The maximum Gasteiger partial charge on any atom is 0.254 e. The van der Waals surface area contributed by atoms with Crippen molar-refractivity contribution >= 4 is 5.91 Å². The second-order valence-corrected chi connectivity index (χ2v) is 3.48. The molecule has 16 heavy (non-hydrogen) atoms. The van der Waals surface area contributed by atoms with E-state index in [0.29, 0.717) is 12.1 Å². The van der Waals surface area contributed by atoms with Gasteiger partial charge in [0.1, 0.15) is 5.76 Å². The van der Waals surface area contributed by atoms with E-state index in [0.717, 1.165) is 5.76 Å². The number of rotatable bonds is 3. The molecule has 0 radical (unpaired) electrons. The molecule has 0 aliphatic carbocycles. The van der Waals surface area contributed by atoms with Gasteiger partial charge >= 0.3 is 0 Å². The first kappa shape index (κ1) is 10.4. The Hall–Kier alpha value is -2.10. The Morgan fingerprint density at radius 1 is 1.38 bits per heavy atom. The maximum absolute atomic E-state index is 11.9. The molecular formula is C12H12N2O2. The zero-order valence-electron chi connectivity index (χ0n) is 8.96. The topological polar surface area (TPSA) is 46.3 Å². The van der Waals surface area contributed by atoms with Crippen LogP contribution in [0.4, 0.5) is 0 Å². The quantitative estimate of drug-likeness (QED) is 0.787. The van der Waals surface area contributed by atoms with E-state index in [2.05, 4.69) is 4.98 Å². The summed E-state index contributed by atoms with van der Waals surface area (Å²) in [6, 6.07) is 7.04. The van der Waals surface area contributed by atoms with E-state index in [4.69, 9.17) is 4.42 Å². The smallest absolute Gasteiger partial charge is 0.254 e. The summed E-state index contributed by atoms with van der Waals surface area (Å²) in [5.74, 6) is 0.726. The number of carbonyl (C=O) groups is 1. The first-order chi connectivity index (χ1) is 7.77. The third kappa shape index (κ3) is 2.28. The van der Waals surface area contributed by atoms with Gasteiger partial charge in [0.2, 0.25) is 0 Å². The van der Waals surface area contributed by atoms with E-state index in [1.807, 2.05) is 6.07 Å². The molecule has 0 aromatic carbocycles. The summed E-state index contributed by atoms with van der Waals surface area (Å²) < 4.78 is 5.18. The molecule has 82 valence electrons. The first-order valence-electron chi connectivity index (χ1n) is 4.95. The van der Waals surface area contributed by atoms with Crippen molar-refractivity contribution in [3.63, 3.8) is 0 Å². The van der Waals surface area contributed by atoms with Crippen molar-refractivity contribution in [2.45, 2.75) is 6.54 Å². The van der Waals surface area contributed by atoms with Gasteiger partial charge in [-0.2, -0.15) is 0 Å². The third-order valence-electron chi connectivity index (χ3n) is 2.25. The predicted molar refractivity (Wildman–Crippen MR) is 58.7 cm³/mol. The van der Waals surface area contributed by atoms with Crippen molar-refractivity contribution < 1.29 is 9.21 Å². The molecule has 0 saturated heterocycles. The van der Waals surface area contributed by atoms with Gasteiger partial charge < -0.3 is 9.32 Å². The summed E-state index contributed by atoms with van der Waals surface area (Å²) in [4.78, 5) is 17.4. The molecule has 0 N–H and O–H groups in total. The average molecular weight is 216 g/mol. The lowest BCUT2D eigenvalue weighted by Gasteiger charge is -2.15. The number of aromatic nitrogens is 1. The van der Waals surface area contributed by atoms with Gasteiger partial charge in [0.15, 0.2) is 0 Å². The van der Waals surface area contributed by atoms with Crippen molar-refractivity contribution in [2.75, 3.05) is 7.05 Å². The zero-order chi connectivity index (χ0) is 11.4. The molecule has 0 saturated carbocycles. The van der Waals surface area contributed by atoms with Gasteiger partial charge in [-0.15, -0.1) is 0 Å². The molecule has 0 aliphatic heterocycles. The van der Waals surface area contributed by atoms with Crippen LogP contribution in [-0.4, -0.2) is 22.8 Å². The Kier molecular flexibility index (Phi) is 3.00.